The fraction of sp³-hybridized carbons (Fsp3) is 0.474. The number of amides is 3. The van der Waals surface area contributed by atoms with E-state index in [1.54, 1.807) is 30.3 Å². The first-order valence-electron chi connectivity index (χ1n) is 9.39. The minimum absolute atomic E-state index is 0.00207. The van der Waals surface area contributed by atoms with Gasteiger partial charge in [0.25, 0.3) is 0 Å². The molecule has 0 aromatic heterocycles. The van der Waals surface area contributed by atoms with Gasteiger partial charge in [0, 0.05) is 5.56 Å². The Bertz CT molecular complexity index is 816. The molecule has 0 spiro atoms. The average molecular weight is 495 g/mol. The summed E-state index contributed by atoms with van der Waals surface area (Å²) in [6.07, 6.45) is -1.29. The fourth-order valence-corrected chi connectivity index (χ4v) is 3.08. The molecule has 2 rings (SSSR count). The number of ether oxygens (including phenoxy) is 1. The molecule has 1 heterocycles. The Balaban J connectivity index is 2.32. The summed E-state index contributed by atoms with van der Waals surface area (Å²) < 4.78 is 2.80. The van der Waals surface area contributed by atoms with Crippen LogP contribution in [-0.2, 0) is 14.4 Å². The first-order chi connectivity index (χ1) is 14.5. The summed E-state index contributed by atoms with van der Waals surface area (Å²) >= 11 is 17.0. The van der Waals surface area contributed by atoms with Gasteiger partial charge in [0.1, 0.15) is 12.6 Å². The smallest absolute Gasteiger partial charge is 0.418 e. The monoisotopic (exact) mass is 493 g/mol. The molecule has 0 bridgehead atoms. The summed E-state index contributed by atoms with van der Waals surface area (Å²) in [7, 11) is 0. The number of ketones is 1. The van der Waals surface area contributed by atoms with E-state index in [1.165, 1.54) is 0 Å². The van der Waals surface area contributed by atoms with Gasteiger partial charge in [0.05, 0.1) is 13.0 Å². The van der Waals surface area contributed by atoms with Crippen molar-refractivity contribution in [2.75, 3.05) is 13.2 Å². The Labute approximate surface area is 194 Å². The molecular formula is C19H22Cl3N3O6. The summed E-state index contributed by atoms with van der Waals surface area (Å²) in [6.45, 7) is 3.73. The van der Waals surface area contributed by atoms with Crippen molar-refractivity contribution in [2.24, 2.45) is 5.92 Å². The zero-order valence-corrected chi connectivity index (χ0v) is 19.1. The molecule has 31 heavy (non-hydrogen) atoms. The Morgan fingerprint density at radius 2 is 1.87 bits per heavy atom. The number of rotatable bonds is 8. The van der Waals surface area contributed by atoms with Crippen LogP contribution in [0.1, 0.15) is 37.0 Å². The molecule has 0 radical (unpaired) electrons. The molecule has 1 atom stereocenters. The highest BCUT2D eigenvalue weighted by Gasteiger charge is 2.37. The lowest BCUT2D eigenvalue weighted by Crippen LogP contribution is -2.56. The second-order valence-corrected chi connectivity index (χ2v) is 9.66. The van der Waals surface area contributed by atoms with Gasteiger partial charge in [-0.2, -0.15) is 0 Å². The number of nitrogens with zero attached hydrogens (tertiary/aromatic N) is 2. The zero-order chi connectivity index (χ0) is 23.2. The Kier molecular flexibility index (Phi) is 8.93. The quantitative estimate of drug-likeness (QED) is 0.332. The van der Waals surface area contributed by atoms with Crippen molar-refractivity contribution in [3.8, 4) is 0 Å². The number of urea groups is 1. The van der Waals surface area contributed by atoms with E-state index in [2.05, 4.69) is 5.43 Å². The number of halogens is 3. The molecule has 12 heteroatoms. The standard InChI is InChI=1S/C19H22Cl3N3O6/c1-12(2)10-14(16(27)13-6-4-3-5-7-13)25(31-15(26)11-19(20,21)22)23-17(28)24-8-9-30-18(24)29/h3-7,12,14H,8-11H2,1-2H3,(H,23,28). The predicted octanol–water partition coefficient (Wildman–Crippen LogP) is 3.88. The van der Waals surface area contributed by atoms with Crippen molar-refractivity contribution in [1.82, 2.24) is 15.5 Å². The van der Waals surface area contributed by atoms with Crippen LogP contribution >= 0.6 is 34.8 Å². The number of carbonyl (C=O) groups excluding carboxylic acids is 4. The molecule has 1 unspecified atom stereocenters. The largest absolute Gasteiger partial charge is 0.447 e. The molecule has 3 amide bonds. The highest BCUT2D eigenvalue weighted by atomic mass is 35.6. The van der Waals surface area contributed by atoms with Crippen LogP contribution in [0.25, 0.3) is 0 Å². The summed E-state index contributed by atoms with van der Waals surface area (Å²) in [6, 6.07) is 6.25. The van der Waals surface area contributed by atoms with Crippen LogP contribution in [0.15, 0.2) is 30.3 Å². The van der Waals surface area contributed by atoms with E-state index < -0.39 is 40.1 Å². The topological polar surface area (TPSA) is 105 Å². The molecule has 0 aliphatic carbocycles. The summed E-state index contributed by atoms with van der Waals surface area (Å²) in [5.41, 5.74) is 2.63. The van der Waals surface area contributed by atoms with Gasteiger partial charge in [-0.1, -0.05) is 79.0 Å². The molecule has 9 nitrogen and oxygen atoms in total. The van der Waals surface area contributed by atoms with E-state index in [-0.39, 0.29) is 25.5 Å². The first kappa shape index (κ1) is 25.2. The van der Waals surface area contributed by atoms with Crippen LogP contribution in [0.2, 0.25) is 0 Å². The molecule has 1 aromatic rings. The number of hydrogen-bond acceptors (Lipinski definition) is 7. The van der Waals surface area contributed by atoms with Crippen molar-refractivity contribution < 1.29 is 28.8 Å². The average Bonchev–Trinajstić information content (AvgIpc) is 3.10. The number of nitrogens with one attached hydrogen (secondary N) is 1. The normalized spacial score (nSPS) is 15.1. The number of hydroxylamine groups is 1. The highest BCUT2D eigenvalue weighted by molar-refractivity contribution is 6.68. The molecule has 1 aliphatic heterocycles. The number of hydrazine groups is 1. The number of imide groups is 1. The van der Waals surface area contributed by atoms with E-state index in [1.807, 2.05) is 13.8 Å². The third kappa shape index (κ3) is 7.84. The maximum atomic E-state index is 13.2. The van der Waals surface area contributed by atoms with Crippen molar-refractivity contribution in [3.05, 3.63) is 35.9 Å². The van der Waals surface area contributed by atoms with Gasteiger partial charge >= 0.3 is 18.1 Å². The Morgan fingerprint density at radius 3 is 2.39 bits per heavy atom. The molecule has 1 N–H and O–H groups in total. The molecule has 1 aliphatic rings. The van der Waals surface area contributed by atoms with Gasteiger partial charge in [-0.15, -0.1) is 0 Å². The van der Waals surface area contributed by atoms with Gasteiger partial charge in [-0.3, -0.25) is 9.59 Å². The maximum absolute atomic E-state index is 13.2. The molecule has 1 fully saturated rings. The van der Waals surface area contributed by atoms with Crippen molar-refractivity contribution in [3.63, 3.8) is 0 Å². The third-order valence-electron chi connectivity index (χ3n) is 4.10. The van der Waals surface area contributed by atoms with E-state index in [0.717, 1.165) is 4.90 Å². The number of hydrogen-bond donors (Lipinski definition) is 1. The van der Waals surface area contributed by atoms with Gasteiger partial charge in [-0.25, -0.2) is 19.9 Å². The second-order valence-electron chi connectivity index (χ2n) is 7.14. The summed E-state index contributed by atoms with van der Waals surface area (Å²) in [5.74, 6) is -1.44. The molecule has 1 saturated heterocycles. The number of carbonyl (C=O) groups is 4. The number of cyclic esters (lactones) is 1. The van der Waals surface area contributed by atoms with Crippen molar-refractivity contribution in [2.45, 2.75) is 36.5 Å². The minimum atomic E-state index is -1.94. The van der Waals surface area contributed by atoms with Crippen molar-refractivity contribution >= 4 is 58.7 Å². The Hall–Kier alpha value is -2.07. The van der Waals surface area contributed by atoms with Crippen LogP contribution in [0.3, 0.4) is 0 Å². The molecule has 0 saturated carbocycles. The summed E-state index contributed by atoms with van der Waals surface area (Å²) in [5, 5.41) is 0.710. The van der Waals surface area contributed by atoms with Gasteiger partial charge in [-0.05, 0) is 17.5 Å². The van der Waals surface area contributed by atoms with Gasteiger partial charge in [0.2, 0.25) is 3.79 Å². The molecular weight excluding hydrogens is 473 g/mol. The summed E-state index contributed by atoms with van der Waals surface area (Å²) in [4.78, 5) is 55.7. The van der Waals surface area contributed by atoms with E-state index in [9.17, 15) is 19.2 Å². The van der Waals surface area contributed by atoms with Gasteiger partial charge in [0.15, 0.2) is 5.78 Å². The predicted molar refractivity (Wildman–Crippen MR) is 113 cm³/mol. The number of benzene rings is 1. The molecule has 1 aromatic carbocycles. The van der Waals surface area contributed by atoms with Crippen LogP contribution in [0, 0.1) is 5.92 Å². The highest BCUT2D eigenvalue weighted by Crippen LogP contribution is 2.30. The lowest BCUT2D eigenvalue weighted by atomic mass is 9.96. The van der Waals surface area contributed by atoms with Crippen molar-refractivity contribution in [1.29, 1.82) is 0 Å². The number of Topliss-reactive ketones (excluding diaryl/α,β-unsaturated/α-hetero) is 1. The lowest BCUT2D eigenvalue weighted by Gasteiger charge is -2.31. The van der Waals surface area contributed by atoms with Crippen LogP contribution in [-0.4, -0.2) is 56.9 Å². The van der Waals surface area contributed by atoms with E-state index in [0.29, 0.717) is 10.7 Å². The van der Waals surface area contributed by atoms with Crippen LogP contribution in [0.5, 0.6) is 0 Å². The minimum Gasteiger partial charge on any atom is -0.447 e. The first-order valence-corrected chi connectivity index (χ1v) is 10.5. The zero-order valence-electron chi connectivity index (χ0n) is 16.8. The van der Waals surface area contributed by atoms with Gasteiger partial charge < -0.3 is 9.57 Å². The van der Waals surface area contributed by atoms with E-state index >= 15 is 0 Å². The van der Waals surface area contributed by atoms with Crippen LogP contribution in [0.4, 0.5) is 9.59 Å². The maximum Gasteiger partial charge on any atom is 0.418 e. The number of alkyl halides is 3. The van der Waals surface area contributed by atoms with E-state index in [4.69, 9.17) is 44.4 Å². The Morgan fingerprint density at radius 1 is 1.23 bits per heavy atom. The fourth-order valence-electron chi connectivity index (χ4n) is 2.75. The molecule has 170 valence electrons. The SMILES string of the molecule is CC(C)CC(C(=O)c1ccccc1)N(NC(=O)N1CCOC1=O)OC(=O)CC(Cl)(Cl)Cl. The second kappa shape index (κ2) is 11.0. The van der Waals surface area contributed by atoms with Crippen LogP contribution < -0.4 is 5.43 Å². The lowest BCUT2D eigenvalue weighted by molar-refractivity contribution is -0.211. The third-order valence-corrected chi connectivity index (χ3v) is 4.50.